The molecule has 19 heavy (non-hydrogen) atoms. The molecule has 112 valence electrons. The predicted octanol–water partition coefficient (Wildman–Crippen LogP) is 1.82. The Morgan fingerprint density at radius 2 is 2.21 bits per heavy atom. The van der Waals surface area contributed by atoms with Crippen LogP contribution < -0.4 is 10.6 Å². The van der Waals surface area contributed by atoms with Gasteiger partial charge in [0, 0.05) is 6.54 Å². The summed E-state index contributed by atoms with van der Waals surface area (Å²) in [6, 6.07) is 0. The fourth-order valence-corrected chi connectivity index (χ4v) is 3.15. The molecule has 0 aromatic carbocycles. The number of aliphatic hydroxyl groups is 1. The molecule has 2 atom stereocenters. The lowest BCUT2D eigenvalue weighted by molar-refractivity contribution is -0.128. The van der Waals surface area contributed by atoms with Gasteiger partial charge in [0.2, 0.25) is 5.91 Å². The Hall–Kier alpha value is -0.610. The van der Waals surface area contributed by atoms with Gasteiger partial charge >= 0.3 is 0 Å². The first-order chi connectivity index (χ1) is 8.81. The molecule has 1 amide bonds. The van der Waals surface area contributed by atoms with Crippen LogP contribution in [0.1, 0.15) is 59.8 Å². The Labute approximate surface area is 117 Å². The first kappa shape index (κ1) is 16.4. The van der Waals surface area contributed by atoms with E-state index < -0.39 is 11.1 Å². The number of hydrogen-bond acceptors (Lipinski definition) is 3. The lowest BCUT2D eigenvalue weighted by Crippen LogP contribution is -2.56. The average Bonchev–Trinajstić information content (AvgIpc) is 2.74. The molecule has 1 aliphatic rings. The maximum absolute atomic E-state index is 12.4. The zero-order valence-corrected chi connectivity index (χ0v) is 12.9. The molecule has 0 spiro atoms. The quantitative estimate of drug-likeness (QED) is 0.661. The maximum Gasteiger partial charge on any atom is 0.240 e. The largest absolute Gasteiger partial charge is 0.388 e. The molecule has 0 radical (unpaired) electrons. The van der Waals surface area contributed by atoms with Crippen molar-refractivity contribution in [2.45, 2.75) is 70.9 Å². The minimum absolute atomic E-state index is 0.0517. The molecule has 2 unspecified atom stereocenters. The lowest BCUT2D eigenvalue weighted by Gasteiger charge is -2.31. The van der Waals surface area contributed by atoms with Gasteiger partial charge in [-0.15, -0.1) is 0 Å². The third kappa shape index (κ3) is 4.77. The van der Waals surface area contributed by atoms with Crippen molar-refractivity contribution in [3.8, 4) is 0 Å². The Bertz CT molecular complexity index is 295. The fraction of sp³-hybridized carbons (Fsp3) is 0.933. The van der Waals surface area contributed by atoms with Gasteiger partial charge in [-0.25, -0.2) is 0 Å². The SMILES string of the molecule is CCCC1(C(=O)NCC(C)(O)CC(C)C)CCCN1. The standard InChI is InChI=1S/C15H30N2O2/c1-5-7-15(8-6-9-17-15)13(18)16-11-14(4,19)10-12(2)3/h12,17,19H,5-11H2,1-4H3,(H,16,18). The highest BCUT2D eigenvalue weighted by Gasteiger charge is 2.40. The summed E-state index contributed by atoms with van der Waals surface area (Å²) in [4.78, 5) is 12.4. The summed E-state index contributed by atoms with van der Waals surface area (Å²) in [6.45, 7) is 9.29. The molecule has 0 saturated carbocycles. The van der Waals surface area contributed by atoms with Gasteiger partial charge in [0.25, 0.3) is 0 Å². The van der Waals surface area contributed by atoms with E-state index in [2.05, 4.69) is 31.4 Å². The summed E-state index contributed by atoms with van der Waals surface area (Å²) in [5.41, 5.74) is -1.22. The van der Waals surface area contributed by atoms with Gasteiger partial charge in [-0.1, -0.05) is 27.2 Å². The molecule has 0 bridgehead atoms. The number of carbonyl (C=O) groups is 1. The van der Waals surface area contributed by atoms with Crippen LogP contribution in [0.4, 0.5) is 0 Å². The van der Waals surface area contributed by atoms with Crippen molar-refractivity contribution in [1.29, 1.82) is 0 Å². The van der Waals surface area contributed by atoms with Gasteiger partial charge < -0.3 is 15.7 Å². The van der Waals surface area contributed by atoms with Gasteiger partial charge in [-0.3, -0.25) is 4.79 Å². The number of nitrogens with one attached hydrogen (secondary N) is 2. The zero-order valence-electron chi connectivity index (χ0n) is 12.9. The van der Waals surface area contributed by atoms with E-state index >= 15 is 0 Å². The highest BCUT2D eigenvalue weighted by Crippen LogP contribution is 2.25. The van der Waals surface area contributed by atoms with Crippen LogP contribution in [0.3, 0.4) is 0 Å². The van der Waals surface area contributed by atoms with E-state index in [0.717, 1.165) is 32.2 Å². The third-order valence-electron chi connectivity index (χ3n) is 3.83. The number of carbonyl (C=O) groups excluding carboxylic acids is 1. The molecule has 0 aromatic heterocycles. The van der Waals surface area contributed by atoms with E-state index in [1.54, 1.807) is 6.92 Å². The number of amides is 1. The summed E-state index contributed by atoms with van der Waals surface area (Å²) in [5.74, 6) is 0.469. The summed E-state index contributed by atoms with van der Waals surface area (Å²) in [6.07, 6.45) is 4.50. The highest BCUT2D eigenvalue weighted by molar-refractivity contribution is 5.86. The van der Waals surface area contributed by atoms with Crippen LogP contribution >= 0.6 is 0 Å². The van der Waals surface area contributed by atoms with Crippen LogP contribution in [0.2, 0.25) is 0 Å². The van der Waals surface area contributed by atoms with Crippen LogP contribution in [-0.4, -0.2) is 35.2 Å². The molecule has 1 fully saturated rings. The van der Waals surface area contributed by atoms with E-state index in [1.165, 1.54) is 0 Å². The van der Waals surface area contributed by atoms with Crippen LogP contribution in [0.25, 0.3) is 0 Å². The molecule has 1 saturated heterocycles. The van der Waals surface area contributed by atoms with Crippen molar-refractivity contribution in [2.75, 3.05) is 13.1 Å². The Morgan fingerprint density at radius 3 is 2.68 bits per heavy atom. The highest BCUT2D eigenvalue weighted by atomic mass is 16.3. The molecule has 0 aromatic rings. The molecular formula is C15H30N2O2. The van der Waals surface area contributed by atoms with Crippen LogP contribution in [0.5, 0.6) is 0 Å². The first-order valence-electron chi connectivity index (χ1n) is 7.57. The van der Waals surface area contributed by atoms with E-state index in [0.29, 0.717) is 18.9 Å². The minimum Gasteiger partial charge on any atom is -0.388 e. The van der Waals surface area contributed by atoms with E-state index in [-0.39, 0.29) is 5.91 Å². The molecule has 1 aliphatic heterocycles. The number of rotatable bonds is 7. The van der Waals surface area contributed by atoms with Crippen LogP contribution in [0, 0.1) is 5.92 Å². The molecule has 4 heteroatoms. The van der Waals surface area contributed by atoms with E-state index in [9.17, 15) is 9.90 Å². The second-order valence-corrected chi connectivity index (χ2v) is 6.64. The fourth-order valence-electron chi connectivity index (χ4n) is 3.15. The first-order valence-corrected chi connectivity index (χ1v) is 7.57. The smallest absolute Gasteiger partial charge is 0.240 e. The van der Waals surface area contributed by atoms with Crippen molar-refractivity contribution in [1.82, 2.24) is 10.6 Å². The molecule has 0 aliphatic carbocycles. The topological polar surface area (TPSA) is 61.4 Å². The molecular weight excluding hydrogens is 240 g/mol. The van der Waals surface area contributed by atoms with Crippen LogP contribution in [-0.2, 0) is 4.79 Å². The van der Waals surface area contributed by atoms with Crippen molar-refractivity contribution in [2.24, 2.45) is 5.92 Å². The van der Waals surface area contributed by atoms with Gasteiger partial charge in [0.15, 0.2) is 0 Å². The maximum atomic E-state index is 12.4. The van der Waals surface area contributed by atoms with Gasteiger partial charge in [0.05, 0.1) is 11.1 Å². The van der Waals surface area contributed by atoms with Crippen molar-refractivity contribution in [3.63, 3.8) is 0 Å². The summed E-state index contributed by atoms with van der Waals surface area (Å²) in [5, 5.41) is 16.6. The molecule has 1 rings (SSSR count). The second kappa shape index (κ2) is 6.71. The van der Waals surface area contributed by atoms with Crippen molar-refractivity contribution < 1.29 is 9.90 Å². The summed E-state index contributed by atoms with van der Waals surface area (Å²) >= 11 is 0. The van der Waals surface area contributed by atoms with Gasteiger partial charge in [-0.2, -0.15) is 0 Å². The third-order valence-corrected chi connectivity index (χ3v) is 3.83. The average molecular weight is 270 g/mol. The van der Waals surface area contributed by atoms with Crippen molar-refractivity contribution in [3.05, 3.63) is 0 Å². The predicted molar refractivity (Wildman–Crippen MR) is 78.0 cm³/mol. The lowest BCUT2D eigenvalue weighted by atomic mass is 9.89. The Balaban J connectivity index is 2.53. The summed E-state index contributed by atoms with van der Waals surface area (Å²) in [7, 11) is 0. The van der Waals surface area contributed by atoms with Gasteiger partial charge in [0.1, 0.15) is 0 Å². The normalized spacial score (nSPS) is 26.4. The minimum atomic E-state index is -0.824. The van der Waals surface area contributed by atoms with E-state index in [4.69, 9.17) is 0 Å². The number of hydrogen-bond donors (Lipinski definition) is 3. The van der Waals surface area contributed by atoms with Gasteiger partial charge in [-0.05, 0) is 45.1 Å². The van der Waals surface area contributed by atoms with E-state index in [1.807, 2.05) is 0 Å². The molecule has 4 nitrogen and oxygen atoms in total. The Kier molecular flexibility index (Phi) is 5.81. The van der Waals surface area contributed by atoms with Crippen molar-refractivity contribution >= 4 is 5.91 Å². The second-order valence-electron chi connectivity index (χ2n) is 6.64. The van der Waals surface area contributed by atoms with Crippen LogP contribution in [0.15, 0.2) is 0 Å². The zero-order chi connectivity index (χ0) is 14.5. The Morgan fingerprint density at radius 1 is 1.53 bits per heavy atom. The monoisotopic (exact) mass is 270 g/mol. The molecule has 3 N–H and O–H groups in total. The summed E-state index contributed by atoms with van der Waals surface area (Å²) < 4.78 is 0. The molecule has 1 heterocycles.